The molecule has 2 aromatic carbocycles. The molecule has 2 saturated heterocycles. The van der Waals surface area contributed by atoms with Gasteiger partial charge in [0.2, 0.25) is 11.8 Å². The monoisotopic (exact) mass is 431 g/mol. The van der Waals surface area contributed by atoms with Gasteiger partial charge < -0.3 is 4.90 Å². The highest BCUT2D eigenvalue weighted by Crippen LogP contribution is 2.48. The lowest BCUT2D eigenvalue weighted by Crippen LogP contribution is -2.46. The average Bonchev–Trinajstić information content (AvgIpc) is 3.20. The molecule has 3 aliphatic rings. The van der Waals surface area contributed by atoms with Crippen molar-refractivity contribution in [2.45, 2.75) is 25.2 Å². The quantitative estimate of drug-likeness (QED) is 0.734. The van der Waals surface area contributed by atoms with Gasteiger partial charge in [0, 0.05) is 6.54 Å². The fourth-order valence-corrected chi connectivity index (χ4v) is 5.39. The first-order chi connectivity index (χ1) is 15.5. The van der Waals surface area contributed by atoms with Crippen molar-refractivity contribution in [2.75, 3.05) is 26.2 Å². The van der Waals surface area contributed by atoms with Gasteiger partial charge in [-0.15, -0.1) is 0 Å². The van der Waals surface area contributed by atoms with Crippen molar-refractivity contribution in [2.24, 2.45) is 5.41 Å². The van der Waals surface area contributed by atoms with Crippen molar-refractivity contribution >= 4 is 23.6 Å². The van der Waals surface area contributed by atoms with Gasteiger partial charge in [-0.25, -0.2) is 0 Å². The molecule has 0 aromatic heterocycles. The molecule has 7 heteroatoms. The van der Waals surface area contributed by atoms with Crippen LogP contribution < -0.4 is 5.32 Å². The highest BCUT2D eigenvalue weighted by Gasteiger charge is 2.56. The number of carbonyl (C=O) groups is 4. The largest absolute Gasteiger partial charge is 0.303 e. The van der Waals surface area contributed by atoms with Crippen molar-refractivity contribution in [3.8, 4) is 0 Å². The topological polar surface area (TPSA) is 86.8 Å². The lowest BCUT2D eigenvalue weighted by Gasteiger charge is -2.40. The molecule has 2 fully saturated rings. The summed E-state index contributed by atoms with van der Waals surface area (Å²) >= 11 is 0. The zero-order valence-electron chi connectivity index (χ0n) is 17.8. The Balaban J connectivity index is 1.19. The number of imide groups is 2. The number of piperidine rings is 1. The van der Waals surface area contributed by atoms with Crippen LogP contribution in [0.1, 0.15) is 51.5 Å². The lowest BCUT2D eigenvalue weighted by molar-refractivity contribution is -0.130. The van der Waals surface area contributed by atoms with Crippen LogP contribution in [0, 0.1) is 5.41 Å². The van der Waals surface area contributed by atoms with Crippen molar-refractivity contribution in [3.63, 3.8) is 0 Å². The molecule has 1 atom stereocenters. The highest BCUT2D eigenvalue weighted by molar-refractivity contribution is 6.21. The summed E-state index contributed by atoms with van der Waals surface area (Å²) in [6.07, 6.45) is 1.89. The molecule has 164 valence electrons. The number of hydrogen-bond acceptors (Lipinski definition) is 5. The van der Waals surface area contributed by atoms with Gasteiger partial charge in [-0.05, 0) is 56.6 Å². The minimum absolute atomic E-state index is 0.165. The molecule has 7 nitrogen and oxygen atoms in total. The minimum atomic E-state index is -0.697. The standard InChI is InChI=1S/C25H25N3O4/c29-21-20(17-7-2-1-3-8-17)25(24(32)26-21)11-15-27(16-12-25)13-6-14-28-22(30)18-9-4-5-10-19(18)23(28)31/h1-5,7-10,20H,6,11-16H2,(H,26,29,32). The molecule has 1 unspecified atom stereocenters. The zero-order chi connectivity index (χ0) is 22.3. The van der Waals surface area contributed by atoms with Crippen molar-refractivity contribution < 1.29 is 19.2 Å². The van der Waals surface area contributed by atoms with Gasteiger partial charge in [-0.3, -0.25) is 29.4 Å². The second-order valence-corrected chi connectivity index (χ2v) is 8.82. The molecule has 0 saturated carbocycles. The molecule has 3 aliphatic heterocycles. The van der Waals surface area contributed by atoms with E-state index >= 15 is 0 Å². The Morgan fingerprint density at radius 2 is 1.41 bits per heavy atom. The van der Waals surface area contributed by atoms with Crippen LogP contribution in [0.5, 0.6) is 0 Å². The van der Waals surface area contributed by atoms with Crippen LogP contribution in [0.15, 0.2) is 54.6 Å². The fourth-order valence-electron chi connectivity index (χ4n) is 5.39. The number of hydrogen-bond donors (Lipinski definition) is 1. The van der Waals surface area contributed by atoms with E-state index in [2.05, 4.69) is 10.2 Å². The van der Waals surface area contributed by atoms with E-state index < -0.39 is 11.3 Å². The Labute approximate surface area is 186 Å². The molecule has 0 bridgehead atoms. The number of amides is 4. The SMILES string of the molecule is O=C1NC(=O)C2(CCN(CCCN3C(=O)c4ccccc4C3=O)CC2)C1c1ccccc1. The van der Waals surface area contributed by atoms with E-state index in [4.69, 9.17) is 0 Å². The van der Waals surface area contributed by atoms with Crippen molar-refractivity contribution in [1.29, 1.82) is 0 Å². The van der Waals surface area contributed by atoms with Gasteiger partial charge in [0.05, 0.1) is 22.5 Å². The molecule has 5 rings (SSSR count). The van der Waals surface area contributed by atoms with E-state index in [-0.39, 0.29) is 23.6 Å². The molecule has 1 N–H and O–H groups in total. The fraction of sp³-hybridized carbons (Fsp3) is 0.360. The summed E-state index contributed by atoms with van der Waals surface area (Å²) < 4.78 is 0. The van der Waals surface area contributed by atoms with Crippen LogP contribution in [-0.4, -0.2) is 59.6 Å². The molecule has 0 radical (unpaired) electrons. The van der Waals surface area contributed by atoms with E-state index in [1.807, 2.05) is 30.3 Å². The smallest absolute Gasteiger partial charge is 0.261 e. The number of likely N-dealkylation sites (tertiary alicyclic amines) is 1. The third-order valence-electron chi connectivity index (χ3n) is 7.12. The van der Waals surface area contributed by atoms with E-state index in [0.717, 1.165) is 12.1 Å². The van der Waals surface area contributed by atoms with E-state index in [1.54, 1.807) is 24.3 Å². The highest BCUT2D eigenvalue weighted by atomic mass is 16.2. The minimum Gasteiger partial charge on any atom is -0.303 e. The summed E-state index contributed by atoms with van der Waals surface area (Å²) in [4.78, 5) is 54.0. The number of benzene rings is 2. The van der Waals surface area contributed by atoms with Gasteiger partial charge in [-0.2, -0.15) is 0 Å². The van der Waals surface area contributed by atoms with Gasteiger partial charge in [0.1, 0.15) is 0 Å². The van der Waals surface area contributed by atoms with Crippen LogP contribution in [0.4, 0.5) is 0 Å². The first-order valence-electron chi connectivity index (χ1n) is 11.1. The van der Waals surface area contributed by atoms with E-state index in [1.165, 1.54) is 4.90 Å². The van der Waals surface area contributed by atoms with E-state index in [9.17, 15) is 19.2 Å². The number of rotatable bonds is 5. The molecule has 32 heavy (non-hydrogen) atoms. The summed E-state index contributed by atoms with van der Waals surface area (Å²) in [5.74, 6) is -1.27. The Morgan fingerprint density at radius 3 is 2.03 bits per heavy atom. The number of fused-ring (bicyclic) bond motifs is 1. The maximum absolute atomic E-state index is 12.8. The van der Waals surface area contributed by atoms with Crippen LogP contribution in [-0.2, 0) is 9.59 Å². The van der Waals surface area contributed by atoms with Crippen LogP contribution in [0.2, 0.25) is 0 Å². The normalized spacial score (nSPS) is 22.5. The van der Waals surface area contributed by atoms with E-state index in [0.29, 0.717) is 50.0 Å². The summed E-state index contributed by atoms with van der Waals surface area (Å²) in [7, 11) is 0. The molecular weight excluding hydrogens is 406 g/mol. The second-order valence-electron chi connectivity index (χ2n) is 8.82. The molecule has 3 heterocycles. The summed E-state index contributed by atoms with van der Waals surface area (Å²) in [6.45, 7) is 2.51. The molecule has 0 aliphatic carbocycles. The van der Waals surface area contributed by atoms with Gasteiger partial charge in [0.15, 0.2) is 0 Å². The maximum atomic E-state index is 12.8. The summed E-state index contributed by atoms with van der Waals surface area (Å²) in [5, 5.41) is 2.56. The first-order valence-corrected chi connectivity index (χ1v) is 11.1. The van der Waals surface area contributed by atoms with Gasteiger partial charge in [-0.1, -0.05) is 42.5 Å². The summed E-state index contributed by atoms with van der Waals surface area (Å²) in [5.41, 5.74) is 1.13. The average molecular weight is 431 g/mol. The predicted octanol–water partition coefficient (Wildman–Crippen LogP) is 2.20. The molecular formula is C25H25N3O4. The Morgan fingerprint density at radius 1 is 0.812 bits per heavy atom. The van der Waals surface area contributed by atoms with Gasteiger partial charge in [0.25, 0.3) is 11.8 Å². The van der Waals surface area contributed by atoms with Crippen LogP contribution >= 0.6 is 0 Å². The number of nitrogens with one attached hydrogen (secondary N) is 1. The second kappa shape index (κ2) is 7.98. The Kier molecular flexibility index (Phi) is 5.13. The Hall–Kier alpha value is -3.32. The van der Waals surface area contributed by atoms with Crippen LogP contribution in [0.25, 0.3) is 0 Å². The van der Waals surface area contributed by atoms with Gasteiger partial charge >= 0.3 is 0 Å². The number of nitrogens with zero attached hydrogens (tertiary/aromatic N) is 2. The zero-order valence-corrected chi connectivity index (χ0v) is 17.8. The number of carbonyl (C=O) groups excluding carboxylic acids is 4. The molecule has 1 spiro atoms. The van der Waals surface area contributed by atoms with Crippen molar-refractivity contribution in [1.82, 2.24) is 15.1 Å². The molecule has 2 aromatic rings. The van der Waals surface area contributed by atoms with Crippen LogP contribution in [0.3, 0.4) is 0 Å². The lowest BCUT2D eigenvalue weighted by atomic mass is 9.67. The first kappa shape index (κ1) is 20.6. The van der Waals surface area contributed by atoms with Crippen molar-refractivity contribution in [3.05, 3.63) is 71.3 Å². The predicted molar refractivity (Wildman–Crippen MR) is 117 cm³/mol. The third kappa shape index (κ3) is 3.24. The Bertz CT molecular complexity index is 1050. The molecule has 4 amide bonds. The summed E-state index contributed by atoms with van der Waals surface area (Å²) in [6, 6.07) is 16.4. The third-order valence-corrected chi connectivity index (χ3v) is 7.12. The maximum Gasteiger partial charge on any atom is 0.261 e.